The van der Waals surface area contributed by atoms with Crippen molar-refractivity contribution in [2.75, 3.05) is 5.84 Å². The van der Waals surface area contributed by atoms with Gasteiger partial charge in [0.05, 0.1) is 0 Å². The van der Waals surface area contributed by atoms with Gasteiger partial charge >= 0.3 is 0 Å². The molecule has 2 N–H and O–H groups in total. The number of pyridine rings is 1. The summed E-state index contributed by atoms with van der Waals surface area (Å²) in [5, 5.41) is 9.00. The van der Waals surface area contributed by atoms with Gasteiger partial charge < -0.3 is 5.84 Å². The largest absolute Gasteiger partial charge is 0.335 e. The molecule has 0 aliphatic carbocycles. The number of benzene rings is 1. The molecular weight excluding hydrogens is 325 g/mol. The van der Waals surface area contributed by atoms with E-state index in [9.17, 15) is 4.39 Å². The van der Waals surface area contributed by atoms with Crippen LogP contribution < -0.4 is 5.84 Å². The van der Waals surface area contributed by atoms with E-state index in [1.165, 1.54) is 28.6 Å². The van der Waals surface area contributed by atoms with Crippen molar-refractivity contribution >= 4 is 23.4 Å². The molecule has 0 aliphatic heterocycles. The highest BCUT2D eigenvalue weighted by Crippen LogP contribution is 2.27. The molecule has 8 heteroatoms. The Morgan fingerprint density at radius 1 is 1.23 bits per heavy atom. The lowest BCUT2D eigenvalue weighted by atomic mass is 10.2. The second-order valence-corrected chi connectivity index (χ2v) is 5.77. The predicted molar refractivity (Wildman–Crippen MR) is 84.4 cm³/mol. The molecule has 0 unspecified atom stereocenters. The van der Waals surface area contributed by atoms with Gasteiger partial charge in [0.15, 0.2) is 0 Å². The van der Waals surface area contributed by atoms with Crippen LogP contribution in [0.5, 0.6) is 0 Å². The van der Waals surface area contributed by atoms with Crippen LogP contribution >= 0.6 is 23.4 Å². The van der Waals surface area contributed by atoms with E-state index in [0.717, 1.165) is 5.56 Å². The predicted octanol–water partition coefficient (Wildman–Crippen LogP) is 3.14. The quantitative estimate of drug-likeness (QED) is 0.586. The third-order valence-corrected chi connectivity index (χ3v) is 4.27. The summed E-state index contributed by atoms with van der Waals surface area (Å²) >= 11 is 7.36. The zero-order valence-electron chi connectivity index (χ0n) is 11.3. The Kier molecular flexibility index (Phi) is 4.26. The van der Waals surface area contributed by atoms with E-state index in [1.54, 1.807) is 18.3 Å². The average Bonchev–Trinajstić information content (AvgIpc) is 2.88. The number of rotatable bonds is 4. The van der Waals surface area contributed by atoms with E-state index in [1.807, 2.05) is 12.1 Å². The van der Waals surface area contributed by atoms with Gasteiger partial charge in [0.1, 0.15) is 11.5 Å². The molecule has 1 aromatic carbocycles. The number of thioether (sulfide) groups is 1. The Morgan fingerprint density at radius 3 is 2.82 bits per heavy atom. The third kappa shape index (κ3) is 3.05. The summed E-state index contributed by atoms with van der Waals surface area (Å²) in [6, 6.07) is 9.76. The number of hydrogen-bond acceptors (Lipinski definition) is 5. The molecule has 0 amide bonds. The smallest absolute Gasteiger partial charge is 0.210 e. The van der Waals surface area contributed by atoms with Gasteiger partial charge in [-0.2, -0.15) is 0 Å². The lowest BCUT2D eigenvalue weighted by Gasteiger charge is -2.05. The molecule has 0 radical (unpaired) electrons. The molecule has 0 aliphatic rings. The summed E-state index contributed by atoms with van der Waals surface area (Å²) in [5.74, 6) is 6.63. The standard InChI is InChI=1S/C14H11ClFN5S/c15-11-7-10(16)5-4-9(11)8-22-14-20-19-13(21(14)17)12-3-1-2-6-18-12/h1-7H,8,17H2. The first-order chi connectivity index (χ1) is 10.6. The van der Waals surface area contributed by atoms with E-state index in [0.29, 0.717) is 27.5 Å². The van der Waals surface area contributed by atoms with E-state index in [2.05, 4.69) is 15.2 Å². The van der Waals surface area contributed by atoms with Gasteiger partial charge in [-0.3, -0.25) is 4.98 Å². The highest BCUT2D eigenvalue weighted by atomic mass is 35.5. The number of aromatic nitrogens is 4. The summed E-state index contributed by atoms with van der Waals surface area (Å²) in [4.78, 5) is 4.19. The van der Waals surface area contributed by atoms with Crippen molar-refractivity contribution in [2.45, 2.75) is 10.9 Å². The minimum absolute atomic E-state index is 0.363. The van der Waals surface area contributed by atoms with Crippen molar-refractivity contribution in [1.82, 2.24) is 19.9 Å². The molecule has 5 nitrogen and oxygen atoms in total. The zero-order valence-corrected chi connectivity index (χ0v) is 12.9. The van der Waals surface area contributed by atoms with Crippen LogP contribution in [0, 0.1) is 5.82 Å². The molecule has 2 heterocycles. The highest BCUT2D eigenvalue weighted by molar-refractivity contribution is 7.98. The van der Waals surface area contributed by atoms with Gasteiger partial charge in [0, 0.05) is 17.0 Å². The van der Waals surface area contributed by atoms with Crippen LogP contribution in [0.3, 0.4) is 0 Å². The average molecular weight is 336 g/mol. The molecule has 22 heavy (non-hydrogen) atoms. The molecule has 0 saturated carbocycles. The Labute approximate surface area is 135 Å². The molecule has 3 rings (SSSR count). The first-order valence-electron chi connectivity index (χ1n) is 6.34. The van der Waals surface area contributed by atoms with E-state index < -0.39 is 0 Å². The van der Waals surface area contributed by atoms with Crippen LogP contribution in [0.2, 0.25) is 5.02 Å². The lowest BCUT2D eigenvalue weighted by Crippen LogP contribution is -2.12. The molecule has 0 fully saturated rings. The van der Waals surface area contributed by atoms with Gasteiger partial charge in [0.25, 0.3) is 0 Å². The molecule has 112 valence electrons. The van der Waals surface area contributed by atoms with Gasteiger partial charge in [-0.05, 0) is 29.8 Å². The third-order valence-electron chi connectivity index (χ3n) is 2.93. The maximum absolute atomic E-state index is 13.0. The number of nitrogen functional groups attached to an aromatic ring is 1. The molecule has 0 atom stereocenters. The Morgan fingerprint density at radius 2 is 2.09 bits per heavy atom. The van der Waals surface area contributed by atoms with Gasteiger partial charge in [-0.15, -0.1) is 10.2 Å². The molecule has 0 bridgehead atoms. The minimum atomic E-state index is -0.363. The summed E-state index contributed by atoms with van der Waals surface area (Å²) in [5.41, 5.74) is 1.44. The minimum Gasteiger partial charge on any atom is -0.335 e. The van der Waals surface area contributed by atoms with Crippen LogP contribution in [0.15, 0.2) is 47.8 Å². The SMILES string of the molecule is Nn1c(SCc2ccc(F)cc2Cl)nnc1-c1ccccn1. The summed E-state index contributed by atoms with van der Waals surface area (Å²) < 4.78 is 14.4. The molecule has 3 aromatic rings. The van der Waals surface area contributed by atoms with Crippen molar-refractivity contribution in [3.05, 3.63) is 59.0 Å². The van der Waals surface area contributed by atoms with Crippen LogP contribution in [-0.4, -0.2) is 19.9 Å². The normalized spacial score (nSPS) is 10.8. The van der Waals surface area contributed by atoms with Crippen LogP contribution in [0.1, 0.15) is 5.56 Å². The van der Waals surface area contributed by atoms with Crippen molar-refractivity contribution in [2.24, 2.45) is 0 Å². The highest BCUT2D eigenvalue weighted by Gasteiger charge is 2.13. The van der Waals surface area contributed by atoms with Crippen molar-refractivity contribution in [3.63, 3.8) is 0 Å². The Balaban J connectivity index is 1.78. The zero-order chi connectivity index (χ0) is 15.5. The fraction of sp³-hybridized carbons (Fsp3) is 0.0714. The van der Waals surface area contributed by atoms with Crippen molar-refractivity contribution < 1.29 is 4.39 Å². The Bertz CT molecular complexity index is 793. The number of halogens is 2. The van der Waals surface area contributed by atoms with Crippen LogP contribution in [0.25, 0.3) is 11.5 Å². The first kappa shape index (κ1) is 14.8. The van der Waals surface area contributed by atoms with E-state index >= 15 is 0 Å². The van der Waals surface area contributed by atoms with Gasteiger partial charge in [0.2, 0.25) is 11.0 Å². The topological polar surface area (TPSA) is 69.6 Å². The summed E-state index contributed by atoms with van der Waals surface area (Å²) in [6.45, 7) is 0. The van der Waals surface area contributed by atoms with Crippen molar-refractivity contribution in [1.29, 1.82) is 0 Å². The molecular formula is C14H11ClFN5S. The van der Waals surface area contributed by atoms with Crippen LogP contribution in [0.4, 0.5) is 4.39 Å². The van der Waals surface area contributed by atoms with E-state index in [4.69, 9.17) is 17.4 Å². The summed E-state index contributed by atoms with van der Waals surface area (Å²) in [7, 11) is 0. The van der Waals surface area contributed by atoms with E-state index in [-0.39, 0.29) is 5.82 Å². The van der Waals surface area contributed by atoms with Crippen LogP contribution in [-0.2, 0) is 5.75 Å². The monoisotopic (exact) mass is 335 g/mol. The fourth-order valence-corrected chi connectivity index (χ4v) is 3.00. The van der Waals surface area contributed by atoms with Gasteiger partial charge in [-0.25, -0.2) is 9.07 Å². The maximum atomic E-state index is 13.0. The fourth-order valence-electron chi connectivity index (χ4n) is 1.83. The molecule has 2 aromatic heterocycles. The molecule has 0 saturated heterocycles. The van der Waals surface area contributed by atoms with Crippen molar-refractivity contribution in [3.8, 4) is 11.5 Å². The number of nitrogens with two attached hydrogens (primary N) is 1. The second-order valence-electron chi connectivity index (χ2n) is 4.42. The number of nitrogens with zero attached hydrogens (tertiary/aromatic N) is 4. The Hall–Kier alpha value is -2.12. The summed E-state index contributed by atoms with van der Waals surface area (Å²) in [6.07, 6.45) is 1.66. The van der Waals surface area contributed by atoms with Gasteiger partial charge in [-0.1, -0.05) is 35.5 Å². The number of hydrogen-bond donors (Lipinski definition) is 1. The molecule has 0 spiro atoms. The second kappa shape index (κ2) is 6.33. The first-order valence-corrected chi connectivity index (χ1v) is 7.70. The lowest BCUT2D eigenvalue weighted by molar-refractivity contribution is 0.627. The maximum Gasteiger partial charge on any atom is 0.210 e.